The fourth-order valence-electron chi connectivity index (χ4n) is 1.22. The molecule has 82 valence electrons. The van der Waals surface area contributed by atoms with Crippen LogP contribution in [0.1, 0.15) is 24.2 Å². The molecule has 0 aliphatic heterocycles. The SMILES string of the molecule is CCNc1ccccc1C(=O)NOCC. The number of hydrogen-bond donors (Lipinski definition) is 2. The van der Waals surface area contributed by atoms with Gasteiger partial charge >= 0.3 is 0 Å². The first-order valence-corrected chi connectivity index (χ1v) is 5.04. The molecule has 15 heavy (non-hydrogen) atoms. The van der Waals surface area contributed by atoms with Crippen molar-refractivity contribution >= 4 is 11.6 Å². The zero-order chi connectivity index (χ0) is 11.1. The summed E-state index contributed by atoms with van der Waals surface area (Å²) in [5.74, 6) is -0.228. The first-order chi connectivity index (χ1) is 7.29. The quantitative estimate of drug-likeness (QED) is 0.725. The Kier molecular flexibility index (Phi) is 4.63. The van der Waals surface area contributed by atoms with Crippen LogP contribution in [0.5, 0.6) is 0 Å². The van der Waals surface area contributed by atoms with E-state index in [1.165, 1.54) is 0 Å². The number of amides is 1. The van der Waals surface area contributed by atoms with Crippen molar-refractivity contribution in [2.75, 3.05) is 18.5 Å². The van der Waals surface area contributed by atoms with Crippen LogP contribution in [0.15, 0.2) is 24.3 Å². The molecule has 1 aromatic rings. The third-order valence-corrected chi connectivity index (χ3v) is 1.85. The normalized spacial score (nSPS) is 9.73. The van der Waals surface area contributed by atoms with E-state index in [4.69, 9.17) is 4.84 Å². The predicted octanol–water partition coefficient (Wildman–Crippen LogP) is 1.80. The maximum absolute atomic E-state index is 11.6. The standard InChI is InChI=1S/C11H16N2O2/c1-3-12-10-8-6-5-7-9(10)11(14)13-15-4-2/h5-8,12H,3-4H2,1-2H3,(H,13,14). The fraction of sp³-hybridized carbons (Fsp3) is 0.364. The Labute approximate surface area is 89.6 Å². The molecule has 0 aromatic heterocycles. The number of para-hydroxylation sites is 1. The highest BCUT2D eigenvalue weighted by molar-refractivity contribution is 5.98. The molecule has 0 unspecified atom stereocenters. The van der Waals surface area contributed by atoms with Crippen molar-refractivity contribution in [1.29, 1.82) is 0 Å². The van der Waals surface area contributed by atoms with Gasteiger partial charge in [0.25, 0.3) is 5.91 Å². The lowest BCUT2D eigenvalue weighted by Crippen LogP contribution is -2.24. The van der Waals surface area contributed by atoms with E-state index in [2.05, 4.69) is 10.8 Å². The fourth-order valence-corrected chi connectivity index (χ4v) is 1.22. The van der Waals surface area contributed by atoms with Crippen LogP contribution in [-0.4, -0.2) is 19.1 Å². The minimum absolute atomic E-state index is 0.228. The molecule has 0 bridgehead atoms. The topological polar surface area (TPSA) is 50.4 Å². The van der Waals surface area contributed by atoms with Crippen molar-refractivity contribution in [2.45, 2.75) is 13.8 Å². The first kappa shape index (κ1) is 11.5. The van der Waals surface area contributed by atoms with E-state index >= 15 is 0 Å². The Balaban J connectivity index is 2.77. The molecule has 0 saturated carbocycles. The van der Waals surface area contributed by atoms with Gasteiger partial charge in [-0.05, 0) is 26.0 Å². The number of hydroxylamine groups is 1. The van der Waals surface area contributed by atoms with Crippen molar-refractivity contribution in [3.8, 4) is 0 Å². The van der Waals surface area contributed by atoms with Crippen molar-refractivity contribution in [3.63, 3.8) is 0 Å². The predicted molar refractivity (Wildman–Crippen MR) is 59.7 cm³/mol. The highest BCUT2D eigenvalue weighted by atomic mass is 16.6. The molecule has 0 spiro atoms. The molecule has 4 heteroatoms. The molecule has 0 heterocycles. The van der Waals surface area contributed by atoms with Crippen LogP contribution < -0.4 is 10.8 Å². The Morgan fingerprint density at radius 1 is 1.33 bits per heavy atom. The summed E-state index contributed by atoms with van der Waals surface area (Å²) >= 11 is 0. The number of hydrogen-bond acceptors (Lipinski definition) is 3. The minimum Gasteiger partial charge on any atom is -0.385 e. The highest BCUT2D eigenvalue weighted by Gasteiger charge is 2.09. The van der Waals surface area contributed by atoms with Crippen LogP contribution >= 0.6 is 0 Å². The largest absolute Gasteiger partial charge is 0.385 e. The third-order valence-electron chi connectivity index (χ3n) is 1.85. The van der Waals surface area contributed by atoms with Crippen LogP contribution in [0, 0.1) is 0 Å². The lowest BCUT2D eigenvalue weighted by atomic mass is 10.1. The monoisotopic (exact) mass is 208 g/mol. The maximum Gasteiger partial charge on any atom is 0.276 e. The Hall–Kier alpha value is -1.55. The van der Waals surface area contributed by atoms with Crippen LogP contribution in [0.4, 0.5) is 5.69 Å². The van der Waals surface area contributed by atoms with Crippen molar-refractivity contribution in [3.05, 3.63) is 29.8 Å². The van der Waals surface area contributed by atoms with Crippen molar-refractivity contribution < 1.29 is 9.63 Å². The molecule has 4 nitrogen and oxygen atoms in total. The van der Waals surface area contributed by atoms with Gasteiger partial charge in [-0.15, -0.1) is 0 Å². The molecule has 1 rings (SSSR count). The van der Waals surface area contributed by atoms with Gasteiger partial charge in [0.2, 0.25) is 0 Å². The lowest BCUT2D eigenvalue weighted by Gasteiger charge is -2.09. The van der Waals surface area contributed by atoms with E-state index < -0.39 is 0 Å². The zero-order valence-corrected chi connectivity index (χ0v) is 9.04. The van der Waals surface area contributed by atoms with Crippen LogP contribution in [-0.2, 0) is 4.84 Å². The molecular weight excluding hydrogens is 192 g/mol. The van der Waals surface area contributed by atoms with Crippen LogP contribution in [0.25, 0.3) is 0 Å². The minimum atomic E-state index is -0.228. The summed E-state index contributed by atoms with van der Waals surface area (Å²) in [6.07, 6.45) is 0. The summed E-state index contributed by atoms with van der Waals surface area (Å²) in [5, 5.41) is 3.12. The molecule has 2 N–H and O–H groups in total. The number of carbonyl (C=O) groups is 1. The molecule has 0 saturated heterocycles. The van der Waals surface area contributed by atoms with Gasteiger partial charge in [-0.25, -0.2) is 5.48 Å². The summed E-state index contributed by atoms with van der Waals surface area (Å²) in [6, 6.07) is 7.33. The second-order valence-electron chi connectivity index (χ2n) is 2.94. The Bertz CT molecular complexity index is 326. The molecule has 0 aliphatic carbocycles. The van der Waals surface area contributed by atoms with E-state index in [1.807, 2.05) is 32.0 Å². The average Bonchev–Trinajstić information content (AvgIpc) is 2.27. The summed E-state index contributed by atoms with van der Waals surface area (Å²) in [7, 11) is 0. The number of carbonyl (C=O) groups excluding carboxylic acids is 1. The number of nitrogens with one attached hydrogen (secondary N) is 2. The molecular formula is C11H16N2O2. The van der Waals surface area contributed by atoms with Gasteiger partial charge in [-0.3, -0.25) is 9.63 Å². The second-order valence-corrected chi connectivity index (χ2v) is 2.94. The Morgan fingerprint density at radius 3 is 2.73 bits per heavy atom. The number of benzene rings is 1. The molecule has 0 fully saturated rings. The average molecular weight is 208 g/mol. The maximum atomic E-state index is 11.6. The number of rotatable bonds is 5. The van der Waals surface area contributed by atoms with Gasteiger partial charge in [0, 0.05) is 12.2 Å². The summed E-state index contributed by atoms with van der Waals surface area (Å²) in [5.41, 5.74) is 3.78. The van der Waals surface area contributed by atoms with Gasteiger partial charge in [0.15, 0.2) is 0 Å². The number of anilines is 1. The zero-order valence-electron chi connectivity index (χ0n) is 9.04. The summed E-state index contributed by atoms with van der Waals surface area (Å²) < 4.78 is 0. The highest BCUT2D eigenvalue weighted by Crippen LogP contribution is 2.14. The van der Waals surface area contributed by atoms with Crippen molar-refractivity contribution in [1.82, 2.24) is 5.48 Å². The molecule has 0 aliphatic rings. The van der Waals surface area contributed by atoms with Crippen LogP contribution in [0.2, 0.25) is 0 Å². The van der Waals surface area contributed by atoms with Gasteiger partial charge < -0.3 is 5.32 Å². The second kappa shape index (κ2) is 6.03. The van der Waals surface area contributed by atoms with Gasteiger partial charge in [0.1, 0.15) is 0 Å². The molecule has 0 atom stereocenters. The summed E-state index contributed by atoms with van der Waals surface area (Å²) in [4.78, 5) is 16.5. The molecule has 0 radical (unpaired) electrons. The van der Waals surface area contributed by atoms with E-state index in [-0.39, 0.29) is 5.91 Å². The van der Waals surface area contributed by atoms with Crippen LogP contribution in [0.3, 0.4) is 0 Å². The Morgan fingerprint density at radius 2 is 2.07 bits per heavy atom. The van der Waals surface area contributed by atoms with E-state index in [1.54, 1.807) is 6.07 Å². The summed E-state index contributed by atoms with van der Waals surface area (Å²) in [6.45, 7) is 5.03. The third kappa shape index (κ3) is 3.25. The van der Waals surface area contributed by atoms with E-state index in [0.29, 0.717) is 12.2 Å². The van der Waals surface area contributed by atoms with Crippen molar-refractivity contribution in [2.24, 2.45) is 0 Å². The molecule has 1 aromatic carbocycles. The van der Waals surface area contributed by atoms with Gasteiger partial charge in [0.05, 0.1) is 12.2 Å². The van der Waals surface area contributed by atoms with E-state index in [9.17, 15) is 4.79 Å². The lowest BCUT2D eigenvalue weighted by molar-refractivity contribution is 0.0365. The van der Waals surface area contributed by atoms with E-state index in [0.717, 1.165) is 12.2 Å². The smallest absolute Gasteiger partial charge is 0.276 e. The van der Waals surface area contributed by atoms with Gasteiger partial charge in [-0.1, -0.05) is 12.1 Å². The molecule has 1 amide bonds. The first-order valence-electron chi connectivity index (χ1n) is 5.04. The van der Waals surface area contributed by atoms with Gasteiger partial charge in [-0.2, -0.15) is 0 Å².